The van der Waals surface area contributed by atoms with Gasteiger partial charge in [-0.1, -0.05) is 13.8 Å². The van der Waals surface area contributed by atoms with E-state index in [0.717, 1.165) is 13.0 Å². The molecule has 2 rings (SSSR count). The SMILES string of the molecule is CC1(C)CCCNC1CN1CCCS1(=O)=O. The van der Waals surface area contributed by atoms with Gasteiger partial charge in [0.05, 0.1) is 5.75 Å². The summed E-state index contributed by atoms with van der Waals surface area (Å²) in [7, 11) is -2.94. The Bertz CT molecular complexity index is 351. The molecule has 1 atom stereocenters. The van der Waals surface area contributed by atoms with Crippen molar-refractivity contribution in [1.82, 2.24) is 9.62 Å². The fraction of sp³-hybridized carbons (Fsp3) is 1.00. The first-order valence-corrected chi connectivity index (χ1v) is 7.74. The van der Waals surface area contributed by atoms with Crippen molar-refractivity contribution < 1.29 is 8.42 Å². The highest BCUT2D eigenvalue weighted by Crippen LogP contribution is 2.31. The number of nitrogens with one attached hydrogen (secondary N) is 1. The molecule has 4 nitrogen and oxygen atoms in total. The summed E-state index contributed by atoms with van der Waals surface area (Å²) in [5.74, 6) is 0.333. The normalized spacial score (nSPS) is 34.0. The molecule has 0 amide bonds. The summed E-state index contributed by atoms with van der Waals surface area (Å²) in [6.45, 7) is 6.83. The van der Waals surface area contributed by atoms with Crippen molar-refractivity contribution in [3.63, 3.8) is 0 Å². The molecule has 0 bridgehead atoms. The van der Waals surface area contributed by atoms with Gasteiger partial charge >= 0.3 is 0 Å². The Morgan fingerprint density at radius 1 is 1.38 bits per heavy atom. The van der Waals surface area contributed by atoms with Gasteiger partial charge in [0.15, 0.2) is 0 Å². The van der Waals surface area contributed by atoms with E-state index in [-0.39, 0.29) is 5.41 Å². The smallest absolute Gasteiger partial charge is 0.214 e. The third-order valence-corrected chi connectivity index (χ3v) is 5.84. The van der Waals surface area contributed by atoms with Crippen LogP contribution in [-0.2, 0) is 10.0 Å². The molecule has 0 spiro atoms. The molecule has 2 aliphatic rings. The summed E-state index contributed by atoms with van der Waals surface area (Å²) in [4.78, 5) is 0. The molecular weight excluding hydrogens is 224 g/mol. The molecule has 16 heavy (non-hydrogen) atoms. The monoisotopic (exact) mass is 246 g/mol. The average molecular weight is 246 g/mol. The highest BCUT2D eigenvalue weighted by Gasteiger charge is 2.37. The largest absolute Gasteiger partial charge is 0.312 e. The minimum Gasteiger partial charge on any atom is -0.312 e. The average Bonchev–Trinajstić information content (AvgIpc) is 2.49. The Balaban J connectivity index is 2.03. The zero-order chi connectivity index (χ0) is 11.8. The van der Waals surface area contributed by atoms with Gasteiger partial charge in [-0.3, -0.25) is 0 Å². The van der Waals surface area contributed by atoms with Gasteiger partial charge in [-0.2, -0.15) is 0 Å². The second kappa shape index (κ2) is 4.27. The van der Waals surface area contributed by atoms with Crippen LogP contribution >= 0.6 is 0 Å². The predicted octanol–water partition coefficient (Wildman–Crippen LogP) is 0.800. The van der Waals surface area contributed by atoms with Crippen molar-refractivity contribution in [3.05, 3.63) is 0 Å². The van der Waals surface area contributed by atoms with Crippen LogP contribution in [-0.4, -0.2) is 44.2 Å². The molecule has 2 aliphatic heterocycles. The van der Waals surface area contributed by atoms with Gasteiger partial charge in [0, 0.05) is 19.1 Å². The molecule has 0 aromatic carbocycles. The lowest BCUT2D eigenvalue weighted by Gasteiger charge is -2.40. The number of hydrogen-bond acceptors (Lipinski definition) is 3. The molecule has 2 fully saturated rings. The van der Waals surface area contributed by atoms with E-state index in [2.05, 4.69) is 19.2 Å². The van der Waals surface area contributed by atoms with Crippen molar-refractivity contribution in [2.75, 3.05) is 25.4 Å². The molecule has 0 aliphatic carbocycles. The summed E-state index contributed by atoms with van der Waals surface area (Å²) in [5.41, 5.74) is 0.205. The number of rotatable bonds is 2. The third kappa shape index (κ3) is 2.41. The van der Waals surface area contributed by atoms with Gasteiger partial charge in [-0.05, 0) is 31.2 Å². The lowest BCUT2D eigenvalue weighted by Crippen LogP contribution is -2.53. The molecule has 5 heteroatoms. The zero-order valence-corrected chi connectivity index (χ0v) is 11.0. The van der Waals surface area contributed by atoms with Crippen LogP contribution in [0, 0.1) is 5.41 Å². The van der Waals surface area contributed by atoms with Gasteiger partial charge in [-0.15, -0.1) is 0 Å². The molecule has 0 radical (unpaired) electrons. The summed E-state index contributed by atoms with van der Waals surface area (Å²) < 4.78 is 25.2. The fourth-order valence-corrected chi connectivity index (χ4v) is 4.22. The van der Waals surface area contributed by atoms with Crippen LogP contribution in [0.15, 0.2) is 0 Å². The van der Waals surface area contributed by atoms with E-state index in [0.29, 0.717) is 24.9 Å². The van der Waals surface area contributed by atoms with Crippen LogP contribution in [0.3, 0.4) is 0 Å². The molecule has 2 heterocycles. The lowest BCUT2D eigenvalue weighted by molar-refractivity contribution is 0.158. The van der Waals surface area contributed by atoms with Crippen LogP contribution < -0.4 is 5.32 Å². The van der Waals surface area contributed by atoms with E-state index in [1.54, 1.807) is 4.31 Å². The summed E-state index contributed by atoms with van der Waals surface area (Å²) in [6.07, 6.45) is 3.16. The number of sulfonamides is 1. The molecule has 0 saturated carbocycles. The predicted molar refractivity (Wildman–Crippen MR) is 64.8 cm³/mol. The maximum absolute atomic E-state index is 11.7. The number of piperidine rings is 1. The molecule has 0 aromatic heterocycles. The van der Waals surface area contributed by atoms with E-state index in [9.17, 15) is 8.42 Å². The summed E-state index contributed by atoms with van der Waals surface area (Å²) in [6, 6.07) is 0.300. The van der Waals surface area contributed by atoms with Gasteiger partial charge < -0.3 is 5.32 Å². The van der Waals surface area contributed by atoms with Crippen molar-refractivity contribution in [2.45, 2.75) is 39.2 Å². The maximum Gasteiger partial charge on any atom is 0.214 e. The van der Waals surface area contributed by atoms with Gasteiger partial charge in [0.25, 0.3) is 0 Å². The van der Waals surface area contributed by atoms with Gasteiger partial charge in [0.2, 0.25) is 10.0 Å². The first kappa shape index (κ1) is 12.3. The van der Waals surface area contributed by atoms with E-state index in [4.69, 9.17) is 0 Å². The standard InChI is InChI=1S/C11H22N2O2S/c1-11(2)5-3-6-12-10(11)9-13-7-4-8-16(13,14)15/h10,12H,3-9H2,1-2H3. The zero-order valence-electron chi connectivity index (χ0n) is 10.2. The Kier molecular flexibility index (Phi) is 3.29. The van der Waals surface area contributed by atoms with E-state index in [1.165, 1.54) is 12.8 Å². The van der Waals surface area contributed by atoms with Gasteiger partial charge in [0.1, 0.15) is 0 Å². The van der Waals surface area contributed by atoms with Crippen LogP contribution in [0.1, 0.15) is 33.1 Å². The third-order valence-electron chi connectivity index (χ3n) is 3.92. The van der Waals surface area contributed by atoms with E-state index >= 15 is 0 Å². The Morgan fingerprint density at radius 2 is 2.12 bits per heavy atom. The van der Waals surface area contributed by atoms with Crippen molar-refractivity contribution in [1.29, 1.82) is 0 Å². The first-order chi connectivity index (χ1) is 7.42. The minimum atomic E-state index is -2.94. The number of nitrogens with zero attached hydrogens (tertiary/aromatic N) is 1. The van der Waals surface area contributed by atoms with E-state index < -0.39 is 10.0 Å². The molecular formula is C11H22N2O2S. The van der Waals surface area contributed by atoms with Crippen molar-refractivity contribution in [2.24, 2.45) is 5.41 Å². The second-order valence-electron chi connectivity index (χ2n) is 5.63. The Morgan fingerprint density at radius 3 is 2.69 bits per heavy atom. The number of hydrogen-bond donors (Lipinski definition) is 1. The quantitative estimate of drug-likeness (QED) is 0.784. The first-order valence-electron chi connectivity index (χ1n) is 6.13. The topological polar surface area (TPSA) is 49.4 Å². The molecule has 1 N–H and O–H groups in total. The molecule has 1 unspecified atom stereocenters. The van der Waals surface area contributed by atoms with Crippen LogP contribution in [0.25, 0.3) is 0 Å². The van der Waals surface area contributed by atoms with Crippen LogP contribution in [0.4, 0.5) is 0 Å². The summed E-state index contributed by atoms with van der Waals surface area (Å²) in [5, 5.41) is 3.47. The Hall–Kier alpha value is -0.130. The summed E-state index contributed by atoms with van der Waals surface area (Å²) >= 11 is 0. The molecule has 2 saturated heterocycles. The highest BCUT2D eigenvalue weighted by atomic mass is 32.2. The lowest BCUT2D eigenvalue weighted by atomic mass is 9.77. The fourth-order valence-electron chi connectivity index (χ4n) is 2.68. The van der Waals surface area contributed by atoms with Crippen LogP contribution in [0.5, 0.6) is 0 Å². The maximum atomic E-state index is 11.7. The Labute approximate surface area is 98.4 Å². The van der Waals surface area contributed by atoms with Crippen molar-refractivity contribution in [3.8, 4) is 0 Å². The minimum absolute atomic E-state index is 0.205. The molecule has 0 aromatic rings. The van der Waals surface area contributed by atoms with E-state index in [1.807, 2.05) is 0 Å². The van der Waals surface area contributed by atoms with Gasteiger partial charge in [-0.25, -0.2) is 12.7 Å². The van der Waals surface area contributed by atoms with Crippen LogP contribution in [0.2, 0.25) is 0 Å². The molecule has 94 valence electrons. The van der Waals surface area contributed by atoms with Crippen molar-refractivity contribution >= 4 is 10.0 Å². The highest BCUT2D eigenvalue weighted by molar-refractivity contribution is 7.89. The second-order valence-corrected chi connectivity index (χ2v) is 7.71.